The van der Waals surface area contributed by atoms with E-state index >= 15 is 0 Å². The number of imide groups is 2. The molecule has 13 heteroatoms. The first-order valence-electron chi connectivity index (χ1n) is 7.98. The molecule has 1 aliphatic rings. The number of nitro groups is 2. The molecule has 29 heavy (non-hydrogen) atoms. The first kappa shape index (κ1) is 19.3. The molecule has 1 fully saturated rings. The molecular weight excluding hydrogens is 388 g/mol. The van der Waals surface area contributed by atoms with E-state index in [2.05, 4.69) is 5.10 Å². The van der Waals surface area contributed by atoms with Crippen molar-refractivity contribution in [1.82, 2.24) is 20.4 Å². The van der Waals surface area contributed by atoms with Gasteiger partial charge in [-0.2, -0.15) is 5.10 Å². The van der Waals surface area contributed by atoms with E-state index in [-0.39, 0.29) is 11.3 Å². The van der Waals surface area contributed by atoms with E-state index in [9.17, 15) is 34.6 Å². The predicted molar refractivity (Wildman–Crippen MR) is 96.0 cm³/mol. The van der Waals surface area contributed by atoms with Crippen LogP contribution in [0.1, 0.15) is 17.0 Å². The summed E-state index contributed by atoms with van der Waals surface area (Å²) < 4.78 is 1.19. The van der Waals surface area contributed by atoms with E-state index in [4.69, 9.17) is 0 Å². The van der Waals surface area contributed by atoms with Gasteiger partial charge in [0.15, 0.2) is 0 Å². The Labute approximate surface area is 161 Å². The maximum absolute atomic E-state index is 11.9. The minimum atomic E-state index is -0.942. The fourth-order valence-corrected chi connectivity index (χ4v) is 2.80. The van der Waals surface area contributed by atoms with Crippen molar-refractivity contribution >= 4 is 35.3 Å². The van der Waals surface area contributed by atoms with Gasteiger partial charge in [-0.15, -0.1) is 0 Å². The molecular formula is C16H12N6O7. The lowest BCUT2D eigenvalue weighted by atomic mass is 10.1. The number of hydrogen-bond donors (Lipinski definition) is 2. The van der Waals surface area contributed by atoms with Gasteiger partial charge in [-0.05, 0) is 26.0 Å². The van der Waals surface area contributed by atoms with Crippen molar-refractivity contribution in [3.8, 4) is 5.69 Å². The standard InChI is InChI=1S/C16H12N6O7/c1-7-10(6-11-14(23)17-16(25)18-15(11)24)8(2)20(19-7)12-4-3-9(21(26)27)5-13(12)22(28)29/h3-6H,1-2H3,(H2,17,18,23,24,25). The molecule has 3 rings (SSSR count). The Morgan fingerprint density at radius 1 is 1.03 bits per heavy atom. The number of barbiturate groups is 1. The van der Waals surface area contributed by atoms with Gasteiger partial charge in [-0.1, -0.05) is 0 Å². The number of hydrogen-bond acceptors (Lipinski definition) is 8. The highest BCUT2D eigenvalue weighted by Crippen LogP contribution is 2.30. The molecule has 0 unspecified atom stereocenters. The number of aryl methyl sites for hydroxylation is 1. The number of rotatable bonds is 4. The van der Waals surface area contributed by atoms with Crippen LogP contribution in [0.2, 0.25) is 0 Å². The third-order valence-electron chi connectivity index (χ3n) is 4.17. The molecule has 0 aliphatic carbocycles. The van der Waals surface area contributed by atoms with Gasteiger partial charge in [0.05, 0.1) is 21.6 Å². The normalized spacial score (nSPS) is 13.7. The number of aromatic nitrogens is 2. The average Bonchev–Trinajstić information content (AvgIpc) is 2.91. The number of carbonyl (C=O) groups excluding carboxylic acids is 3. The zero-order valence-corrected chi connectivity index (χ0v) is 15.0. The average molecular weight is 400 g/mol. The second kappa shape index (κ2) is 6.95. The summed E-state index contributed by atoms with van der Waals surface area (Å²) in [5.41, 5.74) is -0.365. The molecule has 1 aliphatic heterocycles. The second-order valence-electron chi connectivity index (χ2n) is 5.98. The summed E-state index contributed by atoms with van der Waals surface area (Å²) >= 11 is 0. The lowest BCUT2D eigenvalue weighted by Crippen LogP contribution is -2.51. The summed E-state index contributed by atoms with van der Waals surface area (Å²) in [4.78, 5) is 55.8. The maximum Gasteiger partial charge on any atom is 0.328 e. The number of nitrogens with one attached hydrogen (secondary N) is 2. The SMILES string of the molecule is Cc1nn(-c2ccc([N+](=O)[O-])cc2[N+](=O)[O-])c(C)c1C=C1C(=O)NC(=O)NC1=O. The van der Waals surface area contributed by atoms with Crippen LogP contribution >= 0.6 is 0 Å². The molecule has 2 N–H and O–H groups in total. The van der Waals surface area contributed by atoms with Crippen molar-refractivity contribution in [3.63, 3.8) is 0 Å². The summed E-state index contributed by atoms with van der Waals surface area (Å²) in [6.45, 7) is 3.10. The highest BCUT2D eigenvalue weighted by molar-refractivity contribution is 6.31. The second-order valence-corrected chi connectivity index (χ2v) is 5.98. The Morgan fingerprint density at radius 2 is 1.66 bits per heavy atom. The number of non-ortho nitro benzene ring substituents is 1. The molecule has 148 valence electrons. The fourth-order valence-electron chi connectivity index (χ4n) is 2.80. The van der Waals surface area contributed by atoms with Crippen LogP contribution in [-0.2, 0) is 9.59 Å². The van der Waals surface area contributed by atoms with Crippen molar-refractivity contribution in [1.29, 1.82) is 0 Å². The van der Waals surface area contributed by atoms with Crippen LogP contribution in [0.15, 0.2) is 23.8 Å². The Hall–Kier alpha value is -4.42. The number of carbonyl (C=O) groups is 3. The highest BCUT2D eigenvalue weighted by Gasteiger charge is 2.29. The number of nitro benzene ring substituents is 2. The minimum absolute atomic E-state index is 0.0291. The summed E-state index contributed by atoms with van der Waals surface area (Å²) in [6.07, 6.45) is 1.21. The van der Waals surface area contributed by atoms with Crippen molar-refractivity contribution in [2.45, 2.75) is 13.8 Å². The first-order chi connectivity index (χ1) is 13.6. The van der Waals surface area contributed by atoms with E-state index in [1.807, 2.05) is 10.6 Å². The number of urea groups is 1. The molecule has 13 nitrogen and oxygen atoms in total. The maximum atomic E-state index is 11.9. The van der Waals surface area contributed by atoms with E-state index in [0.717, 1.165) is 12.1 Å². The van der Waals surface area contributed by atoms with Crippen LogP contribution in [0.4, 0.5) is 16.2 Å². The van der Waals surface area contributed by atoms with E-state index in [0.29, 0.717) is 17.0 Å². The summed E-state index contributed by atoms with van der Waals surface area (Å²) in [5, 5.41) is 30.4. The smallest absolute Gasteiger partial charge is 0.273 e. The van der Waals surface area contributed by atoms with Gasteiger partial charge in [0, 0.05) is 17.3 Å². The summed E-state index contributed by atoms with van der Waals surface area (Å²) in [5.74, 6) is -1.79. The molecule has 0 bridgehead atoms. The Kier molecular flexibility index (Phi) is 4.64. The van der Waals surface area contributed by atoms with Gasteiger partial charge in [0.2, 0.25) is 0 Å². The highest BCUT2D eigenvalue weighted by atomic mass is 16.6. The number of nitrogens with zero attached hydrogens (tertiary/aromatic N) is 4. The molecule has 1 aromatic carbocycles. The van der Waals surface area contributed by atoms with Gasteiger partial charge in [-0.3, -0.25) is 40.5 Å². The summed E-state index contributed by atoms with van der Waals surface area (Å²) in [6, 6.07) is 2.16. The van der Waals surface area contributed by atoms with Crippen LogP contribution in [0, 0.1) is 34.1 Å². The quantitative estimate of drug-likeness (QED) is 0.331. The van der Waals surface area contributed by atoms with Gasteiger partial charge in [0.1, 0.15) is 11.3 Å². The van der Waals surface area contributed by atoms with Crippen LogP contribution < -0.4 is 10.6 Å². The molecule has 2 heterocycles. The molecule has 1 saturated heterocycles. The van der Waals surface area contributed by atoms with Crippen molar-refractivity contribution in [2.75, 3.05) is 0 Å². The lowest BCUT2D eigenvalue weighted by molar-refractivity contribution is -0.394. The van der Waals surface area contributed by atoms with Gasteiger partial charge in [-0.25, -0.2) is 9.48 Å². The third kappa shape index (κ3) is 3.43. The molecule has 1 aromatic heterocycles. The van der Waals surface area contributed by atoms with Gasteiger partial charge >= 0.3 is 11.7 Å². The molecule has 0 saturated carbocycles. The number of benzene rings is 1. The Morgan fingerprint density at radius 3 is 2.21 bits per heavy atom. The first-order valence-corrected chi connectivity index (χ1v) is 7.98. The van der Waals surface area contributed by atoms with Gasteiger partial charge < -0.3 is 0 Å². The van der Waals surface area contributed by atoms with E-state index < -0.39 is 39.1 Å². The van der Waals surface area contributed by atoms with Crippen molar-refractivity contribution < 1.29 is 24.2 Å². The van der Waals surface area contributed by atoms with Crippen molar-refractivity contribution in [2.24, 2.45) is 0 Å². The van der Waals surface area contributed by atoms with Crippen LogP contribution in [-0.4, -0.2) is 37.5 Å². The lowest BCUT2D eigenvalue weighted by Gasteiger charge is -2.13. The molecule has 4 amide bonds. The molecule has 0 atom stereocenters. The van der Waals surface area contributed by atoms with Gasteiger partial charge in [0.25, 0.3) is 17.5 Å². The Bertz CT molecular complexity index is 1120. The monoisotopic (exact) mass is 400 g/mol. The van der Waals surface area contributed by atoms with E-state index in [1.165, 1.54) is 16.8 Å². The minimum Gasteiger partial charge on any atom is -0.273 e. The zero-order valence-electron chi connectivity index (χ0n) is 15.0. The van der Waals surface area contributed by atoms with E-state index in [1.54, 1.807) is 13.8 Å². The van der Waals surface area contributed by atoms with Crippen molar-refractivity contribution in [3.05, 3.63) is 61.0 Å². The van der Waals surface area contributed by atoms with Crippen LogP contribution in [0.3, 0.4) is 0 Å². The fraction of sp³-hybridized carbons (Fsp3) is 0.125. The molecule has 0 radical (unpaired) electrons. The number of amides is 4. The van der Waals surface area contributed by atoms with Crippen LogP contribution in [0.25, 0.3) is 11.8 Å². The molecule has 2 aromatic rings. The predicted octanol–water partition coefficient (Wildman–Crippen LogP) is 1.05. The third-order valence-corrected chi connectivity index (χ3v) is 4.17. The summed E-state index contributed by atoms with van der Waals surface area (Å²) in [7, 11) is 0. The Balaban J connectivity index is 2.14. The molecule has 0 spiro atoms. The topological polar surface area (TPSA) is 179 Å². The largest absolute Gasteiger partial charge is 0.328 e. The zero-order chi connectivity index (χ0) is 21.5. The van der Waals surface area contributed by atoms with Crippen LogP contribution in [0.5, 0.6) is 0 Å².